The SMILES string of the molecule is CCCNC(=O)NC1CCCCC1NC(=O)CC(C)C. The molecular weight excluding hydrogens is 254 g/mol. The maximum absolute atomic E-state index is 11.9. The lowest BCUT2D eigenvalue weighted by Gasteiger charge is -2.33. The molecule has 0 radical (unpaired) electrons. The summed E-state index contributed by atoms with van der Waals surface area (Å²) in [7, 11) is 0. The molecule has 1 aliphatic carbocycles. The Kier molecular flexibility index (Phi) is 7.41. The number of rotatable bonds is 6. The van der Waals surface area contributed by atoms with Crippen LogP contribution in [0.4, 0.5) is 4.79 Å². The maximum Gasteiger partial charge on any atom is 0.315 e. The standard InChI is InChI=1S/C15H29N3O2/c1-4-9-16-15(20)18-13-8-6-5-7-12(13)17-14(19)10-11(2)3/h11-13H,4-10H2,1-3H3,(H,17,19)(H2,16,18,20). The minimum atomic E-state index is -0.123. The zero-order valence-corrected chi connectivity index (χ0v) is 13.0. The molecule has 3 N–H and O–H groups in total. The van der Waals surface area contributed by atoms with Gasteiger partial charge in [-0.2, -0.15) is 0 Å². The molecule has 1 saturated carbocycles. The Morgan fingerprint density at radius 2 is 1.70 bits per heavy atom. The molecule has 1 fully saturated rings. The van der Waals surface area contributed by atoms with E-state index in [1.165, 1.54) is 0 Å². The second-order valence-corrected chi connectivity index (χ2v) is 6.06. The monoisotopic (exact) mass is 283 g/mol. The van der Waals surface area contributed by atoms with Crippen LogP contribution in [0.25, 0.3) is 0 Å². The van der Waals surface area contributed by atoms with Gasteiger partial charge in [-0.05, 0) is 25.2 Å². The second kappa shape index (κ2) is 8.82. The lowest BCUT2D eigenvalue weighted by Crippen LogP contribution is -2.55. The van der Waals surface area contributed by atoms with Crippen LogP contribution in [-0.4, -0.2) is 30.6 Å². The molecule has 0 heterocycles. The van der Waals surface area contributed by atoms with E-state index in [2.05, 4.69) is 16.0 Å². The Hall–Kier alpha value is -1.26. The molecule has 2 atom stereocenters. The largest absolute Gasteiger partial charge is 0.351 e. The molecule has 0 aromatic carbocycles. The summed E-state index contributed by atoms with van der Waals surface area (Å²) < 4.78 is 0. The van der Waals surface area contributed by atoms with Crippen LogP contribution in [0.2, 0.25) is 0 Å². The van der Waals surface area contributed by atoms with Gasteiger partial charge in [0.25, 0.3) is 0 Å². The van der Waals surface area contributed by atoms with Crippen molar-refractivity contribution in [2.75, 3.05) is 6.54 Å². The molecule has 0 aromatic heterocycles. The molecule has 20 heavy (non-hydrogen) atoms. The van der Waals surface area contributed by atoms with Crippen LogP contribution in [-0.2, 0) is 4.79 Å². The van der Waals surface area contributed by atoms with Gasteiger partial charge >= 0.3 is 6.03 Å². The number of carbonyl (C=O) groups excluding carboxylic acids is 2. The van der Waals surface area contributed by atoms with Gasteiger partial charge in [-0.1, -0.05) is 33.6 Å². The molecule has 2 unspecified atom stereocenters. The van der Waals surface area contributed by atoms with E-state index in [4.69, 9.17) is 0 Å². The highest BCUT2D eigenvalue weighted by Gasteiger charge is 2.27. The normalized spacial score (nSPS) is 22.4. The number of hydrogen-bond donors (Lipinski definition) is 3. The van der Waals surface area contributed by atoms with Gasteiger partial charge in [-0.15, -0.1) is 0 Å². The number of nitrogens with one attached hydrogen (secondary N) is 3. The smallest absolute Gasteiger partial charge is 0.315 e. The summed E-state index contributed by atoms with van der Waals surface area (Å²) in [4.78, 5) is 23.6. The Labute approximate surface area is 122 Å². The minimum Gasteiger partial charge on any atom is -0.351 e. The van der Waals surface area contributed by atoms with E-state index in [9.17, 15) is 9.59 Å². The Bertz CT molecular complexity index is 318. The van der Waals surface area contributed by atoms with E-state index in [-0.39, 0.29) is 24.0 Å². The third-order valence-electron chi connectivity index (χ3n) is 3.56. The lowest BCUT2D eigenvalue weighted by atomic mass is 9.90. The fourth-order valence-electron chi connectivity index (χ4n) is 2.57. The summed E-state index contributed by atoms with van der Waals surface area (Å²) in [5.41, 5.74) is 0. The van der Waals surface area contributed by atoms with Crippen molar-refractivity contribution in [2.45, 2.75) is 71.4 Å². The molecule has 5 nitrogen and oxygen atoms in total. The topological polar surface area (TPSA) is 70.2 Å². The first kappa shape index (κ1) is 16.8. The van der Waals surface area contributed by atoms with E-state index in [0.717, 1.165) is 32.1 Å². The number of hydrogen-bond acceptors (Lipinski definition) is 2. The van der Waals surface area contributed by atoms with Crippen molar-refractivity contribution in [3.8, 4) is 0 Å². The summed E-state index contributed by atoms with van der Waals surface area (Å²) in [6.07, 6.45) is 5.57. The molecule has 0 aliphatic heterocycles. The molecule has 5 heteroatoms. The van der Waals surface area contributed by atoms with Crippen molar-refractivity contribution in [3.05, 3.63) is 0 Å². The van der Waals surface area contributed by atoms with E-state index in [0.29, 0.717) is 18.9 Å². The first-order chi connectivity index (χ1) is 9.52. The highest BCUT2D eigenvalue weighted by atomic mass is 16.2. The van der Waals surface area contributed by atoms with Crippen LogP contribution in [0.1, 0.15) is 59.3 Å². The van der Waals surface area contributed by atoms with Crippen molar-refractivity contribution in [1.29, 1.82) is 0 Å². The average Bonchev–Trinajstić information content (AvgIpc) is 2.37. The molecule has 0 aromatic rings. The first-order valence-electron chi connectivity index (χ1n) is 7.86. The van der Waals surface area contributed by atoms with Gasteiger partial charge in [0.2, 0.25) is 5.91 Å². The average molecular weight is 283 g/mol. The van der Waals surface area contributed by atoms with Crippen molar-refractivity contribution in [3.63, 3.8) is 0 Å². The van der Waals surface area contributed by atoms with Crippen LogP contribution in [0.15, 0.2) is 0 Å². The molecule has 3 amide bonds. The highest BCUT2D eigenvalue weighted by molar-refractivity contribution is 5.77. The molecule has 1 aliphatic rings. The van der Waals surface area contributed by atoms with Crippen LogP contribution in [0, 0.1) is 5.92 Å². The first-order valence-corrected chi connectivity index (χ1v) is 7.86. The molecule has 0 saturated heterocycles. The van der Waals surface area contributed by atoms with Crippen LogP contribution in [0.3, 0.4) is 0 Å². The van der Waals surface area contributed by atoms with Crippen LogP contribution in [0.5, 0.6) is 0 Å². The zero-order chi connectivity index (χ0) is 15.0. The molecule has 116 valence electrons. The molecular formula is C15H29N3O2. The fraction of sp³-hybridized carbons (Fsp3) is 0.867. The predicted molar refractivity (Wildman–Crippen MR) is 80.5 cm³/mol. The quantitative estimate of drug-likeness (QED) is 0.699. The Morgan fingerprint density at radius 1 is 1.10 bits per heavy atom. The van der Waals surface area contributed by atoms with E-state index in [1.807, 2.05) is 20.8 Å². The number of amides is 3. The fourth-order valence-corrected chi connectivity index (χ4v) is 2.57. The van der Waals surface area contributed by atoms with Crippen molar-refractivity contribution < 1.29 is 9.59 Å². The van der Waals surface area contributed by atoms with E-state index in [1.54, 1.807) is 0 Å². The molecule has 0 spiro atoms. The van der Waals surface area contributed by atoms with Gasteiger partial charge in [0.15, 0.2) is 0 Å². The van der Waals surface area contributed by atoms with Gasteiger partial charge in [0, 0.05) is 19.0 Å². The number of urea groups is 1. The summed E-state index contributed by atoms with van der Waals surface area (Å²) in [6.45, 7) is 6.78. The molecule has 1 rings (SSSR count). The van der Waals surface area contributed by atoms with Gasteiger partial charge in [-0.3, -0.25) is 4.79 Å². The van der Waals surface area contributed by atoms with Crippen molar-refractivity contribution in [1.82, 2.24) is 16.0 Å². The Morgan fingerprint density at radius 3 is 2.25 bits per heavy atom. The predicted octanol–water partition coefficient (Wildman–Crippen LogP) is 2.17. The summed E-state index contributed by atoms with van der Waals surface area (Å²) in [6, 6.07) is 0.000883. The minimum absolute atomic E-state index is 0.0525. The van der Waals surface area contributed by atoms with E-state index >= 15 is 0 Å². The van der Waals surface area contributed by atoms with Crippen molar-refractivity contribution in [2.24, 2.45) is 5.92 Å². The van der Waals surface area contributed by atoms with Gasteiger partial charge in [-0.25, -0.2) is 4.79 Å². The van der Waals surface area contributed by atoms with Crippen LogP contribution < -0.4 is 16.0 Å². The van der Waals surface area contributed by atoms with Crippen LogP contribution >= 0.6 is 0 Å². The number of carbonyl (C=O) groups is 2. The highest BCUT2D eigenvalue weighted by Crippen LogP contribution is 2.19. The molecule has 0 bridgehead atoms. The summed E-state index contributed by atoms with van der Waals surface area (Å²) in [5, 5.41) is 8.90. The second-order valence-electron chi connectivity index (χ2n) is 6.06. The Balaban J connectivity index is 2.45. The van der Waals surface area contributed by atoms with E-state index < -0.39 is 0 Å². The van der Waals surface area contributed by atoms with Gasteiger partial charge in [0.05, 0.1) is 6.04 Å². The third-order valence-corrected chi connectivity index (χ3v) is 3.56. The van der Waals surface area contributed by atoms with Gasteiger partial charge in [0.1, 0.15) is 0 Å². The zero-order valence-electron chi connectivity index (χ0n) is 13.0. The third kappa shape index (κ3) is 6.26. The lowest BCUT2D eigenvalue weighted by molar-refractivity contribution is -0.122. The maximum atomic E-state index is 11.9. The summed E-state index contributed by atoms with van der Waals surface area (Å²) >= 11 is 0. The van der Waals surface area contributed by atoms with Crippen molar-refractivity contribution >= 4 is 11.9 Å². The van der Waals surface area contributed by atoms with Gasteiger partial charge < -0.3 is 16.0 Å². The summed E-state index contributed by atoms with van der Waals surface area (Å²) in [5.74, 6) is 0.450.